The number of carbonyl (C=O) groups excluding carboxylic acids is 1. The molecule has 1 radical (unpaired) electrons. The maximum absolute atomic E-state index is 11.1. The van der Waals surface area contributed by atoms with E-state index < -0.39 is 5.60 Å². The fraction of sp³-hybridized carbons (Fsp3) is 0.750. The summed E-state index contributed by atoms with van der Waals surface area (Å²) >= 11 is 0. The molecule has 0 spiro atoms. The van der Waals surface area contributed by atoms with Crippen LogP contribution in [0.3, 0.4) is 0 Å². The normalized spacial score (nSPS) is 11.0. The zero-order valence-electron chi connectivity index (χ0n) is 7.84. The van der Waals surface area contributed by atoms with Gasteiger partial charge in [-0.3, -0.25) is 0 Å². The van der Waals surface area contributed by atoms with Gasteiger partial charge in [0.15, 0.2) is 0 Å². The first-order chi connectivity index (χ1) is 4.87. The Morgan fingerprint density at radius 1 is 1.45 bits per heavy atom. The second-order valence-electron chi connectivity index (χ2n) is 3.35. The molecule has 0 heterocycles. The van der Waals surface area contributed by atoms with E-state index in [0.29, 0.717) is 0 Å². The van der Waals surface area contributed by atoms with Crippen LogP contribution in [0.4, 0.5) is 4.79 Å². The molecule has 0 unspecified atom stereocenters. The van der Waals surface area contributed by atoms with E-state index in [0.717, 1.165) is 0 Å². The number of ether oxygens (including phenoxy) is 1. The third kappa shape index (κ3) is 4.65. The van der Waals surface area contributed by atoms with Crippen molar-refractivity contribution in [1.82, 2.24) is 4.90 Å². The zero-order chi connectivity index (χ0) is 9.07. The van der Waals surface area contributed by atoms with E-state index >= 15 is 0 Å². The van der Waals surface area contributed by atoms with Crippen molar-refractivity contribution in [3.8, 4) is 0 Å². The van der Waals surface area contributed by atoms with Crippen LogP contribution in [0.5, 0.6) is 0 Å². The molecule has 0 aliphatic carbocycles. The summed E-state index contributed by atoms with van der Waals surface area (Å²) in [5.41, 5.74) is -0.408. The van der Waals surface area contributed by atoms with Gasteiger partial charge in [0.2, 0.25) is 0 Å². The van der Waals surface area contributed by atoms with Crippen molar-refractivity contribution in [2.45, 2.75) is 33.3 Å². The molecule has 0 bridgehead atoms. The third-order valence-electron chi connectivity index (χ3n) is 1.07. The minimum Gasteiger partial charge on any atom is -0.444 e. The number of amides is 1. The van der Waals surface area contributed by atoms with E-state index in [4.69, 9.17) is 4.74 Å². The predicted molar refractivity (Wildman–Crippen MR) is 44.0 cm³/mol. The maximum Gasteiger partial charge on any atom is 0.410 e. The third-order valence-corrected chi connectivity index (χ3v) is 1.07. The van der Waals surface area contributed by atoms with Crippen molar-refractivity contribution >= 4 is 6.09 Å². The van der Waals surface area contributed by atoms with E-state index in [1.807, 2.05) is 20.8 Å². The van der Waals surface area contributed by atoms with Crippen LogP contribution in [0.25, 0.3) is 0 Å². The van der Waals surface area contributed by atoms with E-state index in [-0.39, 0.29) is 6.09 Å². The first-order valence-electron chi connectivity index (χ1n) is 3.62. The molecule has 0 saturated heterocycles. The summed E-state index contributed by atoms with van der Waals surface area (Å²) in [6, 6.07) is 0. The second-order valence-corrected chi connectivity index (χ2v) is 3.35. The van der Waals surface area contributed by atoms with E-state index in [1.165, 1.54) is 4.90 Å². The molecule has 0 fully saturated rings. The molecule has 0 saturated carbocycles. The molecule has 0 aromatic heterocycles. The summed E-state index contributed by atoms with van der Waals surface area (Å²) in [7, 11) is 1.66. The topological polar surface area (TPSA) is 29.5 Å². The van der Waals surface area contributed by atoms with Crippen LogP contribution >= 0.6 is 0 Å². The fourth-order valence-electron chi connectivity index (χ4n) is 0.439. The molecular formula is C8H16NO2. The minimum atomic E-state index is -0.408. The highest BCUT2D eigenvalue weighted by Gasteiger charge is 2.18. The SMILES string of the molecule is C[CH]N(C)C(=O)OC(C)(C)C. The molecule has 0 N–H and O–H groups in total. The first-order valence-corrected chi connectivity index (χ1v) is 3.62. The van der Waals surface area contributed by atoms with Gasteiger partial charge >= 0.3 is 6.09 Å². The molecule has 0 aliphatic heterocycles. The number of hydrogen-bond donors (Lipinski definition) is 0. The Hall–Kier alpha value is -0.730. The Balaban J connectivity index is 3.88. The lowest BCUT2D eigenvalue weighted by Crippen LogP contribution is -2.32. The van der Waals surface area contributed by atoms with Gasteiger partial charge in [-0.05, 0) is 27.7 Å². The summed E-state index contributed by atoms with van der Waals surface area (Å²) in [6.45, 7) is 8.97. The number of nitrogens with zero attached hydrogens (tertiary/aromatic N) is 1. The summed E-state index contributed by atoms with van der Waals surface area (Å²) < 4.78 is 5.05. The van der Waals surface area contributed by atoms with Crippen LogP contribution in [0, 0.1) is 6.54 Å². The Morgan fingerprint density at radius 2 is 1.91 bits per heavy atom. The van der Waals surface area contributed by atoms with Gasteiger partial charge in [0.05, 0.1) is 6.54 Å². The summed E-state index contributed by atoms with van der Waals surface area (Å²) in [4.78, 5) is 12.5. The van der Waals surface area contributed by atoms with Crippen molar-refractivity contribution in [1.29, 1.82) is 0 Å². The van der Waals surface area contributed by atoms with Crippen LogP contribution in [0.2, 0.25) is 0 Å². The average Bonchev–Trinajstić information content (AvgIpc) is 1.82. The molecule has 11 heavy (non-hydrogen) atoms. The summed E-state index contributed by atoms with van der Waals surface area (Å²) in [5.74, 6) is 0. The molecular weight excluding hydrogens is 142 g/mol. The Labute approximate surface area is 68.3 Å². The Bertz CT molecular complexity index is 138. The Kier molecular flexibility index (Phi) is 3.36. The predicted octanol–water partition coefficient (Wildman–Crippen LogP) is 2.03. The number of carbonyl (C=O) groups is 1. The van der Waals surface area contributed by atoms with Crippen LogP contribution in [0.1, 0.15) is 27.7 Å². The highest BCUT2D eigenvalue weighted by molar-refractivity contribution is 5.68. The smallest absolute Gasteiger partial charge is 0.410 e. The molecule has 0 aliphatic rings. The maximum atomic E-state index is 11.1. The van der Waals surface area contributed by atoms with Gasteiger partial charge < -0.3 is 9.64 Å². The highest BCUT2D eigenvalue weighted by Crippen LogP contribution is 2.09. The van der Waals surface area contributed by atoms with Gasteiger partial charge in [0.1, 0.15) is 5.60 Å². The molecule has 0 aromatic carbocycles. The molecule has 3 nitrogen and oxygen atoms in total. The second kappa shape index (κ2) is 3.60. The van der Waals surface area contributed by atoms with Crippen molar-refractivity contribution in [2.24, 2.45) is 0 Å². The monoisotopic (exact) mass is 158 g/mol. The largest absolute Gasteiger partial charge is 0.444 e. The van der Waals surface area contributed by atoms with Gasteiger partial charge in [-0.25, -0.2) is 4.79 Å². The highest BCUT2D eigenvalue weighted by atomic mass is 16.6. The molecule has 0 atom stereocenters. The van der Waals surface area contributed by atoms with Gasteiger partial charge in [-0.1, -0.05) is 0 Å². The molecule has 0 rings (SSSR count). The Morgan fingerprint density at radius 3 is 2.18 bits per heavy atom. The quantitative estimate of drug-likeness (QED) is 0.584. The zero-order valence-corrected chi connectivity index (χ0v) is 7.84. The molecule has 3 heteroatoms. The number of rotatable bonds is 1. The van der Waals surface area contributed by atoms with Crippen molar-refractivity contribution < 1.29 is 9.53 Å². The van der Waals surface area contributed by atoms with E-state index in [9.17, 15) is 4.79 Å². The average molecular weight is 158 g/mol. The van der Waals surface area contributed by atoms with Crippen molar-refractivity contribution in [3.05, 3.63) is 6.54 Å². The molecule has 0 aromatic rings. The standard InChI is InChI=1S/C8H16NO2/c1-6-9(5)7(10)11-8(2,3)4/h6H,1-5H3. The number of hydrogen-bond acceptors (Lipinski definition) is 2. The summed E-state index contributed by atoms with van der Waals surface area (Å²) in [5, 5.41) is 0. The molecule has 65 valence electrons. The lowest BCUT2D eigenvalue weighted by molar-refractivity contribution is 0.0347. The van der Waals surface area contributed by atoms with Gasteiger partial charge in [-0.15, -0.1) is 0 Å². The van der Waals surface area contributed by atoms with Crippen LogP contribution in [0.15, 0.2) is 0 Å². The minimum absolute atomic E-state index is 0.319. The van der Waals surface area contributed by atoms with Crippen LogP contribution in [-0.4, -0.2) is 23.6 Å². The lowest BCUT2D eigenvalue weighted by atomic mass is 10.2. The molecule has 1 amide bonds. The summed E-state index contributed by atoms with van der Waals surface area (Å²) in [6.07, 6.45) is -0.319. The fourth-order valence-corrected chi connectivity index (χ4v) is 0.439. The lowest BCUT2D eigenvalue weighted by Gasteiger charge is -2.23. The van der Waals surface area contributed by atoms with Gasteiger partial charge in [0.25, 0.3) is 0 Å². The van der Waals surface area contributed by atoms with E-state index in [1.54, 1.807) is 20.5 Å². The van der Waals surface area contributed by atoms with Gasteiger partial charge in [-0.2, -0.15) is 0 Å². The van der Waals surface area contributed by atoms with Crippen LogP contribution < -0.4 is 0 Å². The van der Waals surface area contributed by atoms with Gasteiger partial charge in [0, 0.05) is 7.05 Å². The first kappa shape index (κ1) is 10.3. The van der Waals surface area contributed by atoms with Crippen molar-refractivity contribution in [3.63, 3.8) is 0 Å². The van der Waals surface area contributed by atoms with Crippen LogP contribution in [-0.2, 0) is 4.74 Å². The van der Waals surface area contributed by atoms with E-state index in [2.05, 4.69) is 0 Å². The van der Waals surface area contributed by atoms with Crippen molar-refractivity contribution in [2.75, 3.05) is 7.05 Å².